The van der Waals surface area contributed by atoms with Crippen LogP contribution in [-0.4, -0.2) is 11.4 Å². The average molecular weight is 601 g/mol. The number of hydrogen-bond acceptors (Lipinski definition) is 2. The standard InChI is InChI=1S/C42H68N2/c1-6-9-12-13-14-15-16-17-18-19-20-21-22-23-25-26-38-29-31-39(32-30-38)43-41(27-11-8-3)42(28-24-10-7-2)44-40-34-36(4)33-37(5)35-40/h29-35H,6-28H2,1-5H3. The molecule has 0 aliphatic heterocycles. The third-order valence-electron chi connectivity index (χ3n) is 8.86. The van der Waals surface area contributed by atoms with Gasteiger partial charge < -0.3 is 0 Å². The fourth-order valence-electron chi connectivity index (χ4n) is 6.18. The van der Waals surface area contributed by atoms with E-state index in [0.717, 1.165) is 30.6 Å². The van der Waals surface area contributed by atoms with E-state index in [1.54, 1.807) is 0 Å². The van der Waals surface area contributed by atoms with Crippen LogP contribution in [0.1, 0.15) is 179 Å². The molecule has 2 nitrogen and oxygen atoms in total. The van der Waals surface area contributed by atoms with Crippen LogP contribution in [0.4, 0.5) is 11.4 Å². The van der Waals surface area contributed by atoms with Crippen molar-refractivity contribution in [1.29, 1.82) is 0 Å². The first-order valence-electron chi connectivity index (χ1n) is 18.9. The second-order valence-corrected chi connectivity index (χ2v) is 13.4. The normalized spacial score (nSPS) is 12.3. The number of aryl methyl sites for hydroxylation is 3. The van der Waals surface area contributed by atoms with Crippen molar-refractivity contribution < 1.29 is 0 Å². The van der Waals surface area contributed by atoms with Crippen LogP contribution in [0.25, 0.3) is 0 Å². The number of rotatable bonds is 26. The molecule has 44 heavy (non-hydrogen) atoms. The maximum atomic E-state index is 5.22. The molecule has 0 unspecified atom stereocenters. The lowest BCUT2D eigenvalue weighted by molar-refractivity contribution is 0.532. The maximum Gasteiger partial charge on any atom is 0.0639 e. The van der Waals surface area contributed by atoms with Crippen molar-refractivity contribution in [3.05, 3.63) is 59.2 Å². The first-order valence-corrected chi connectivity index (χ1v) is 18.9. The Balaban J connectivity index is 1.81. The fourth-order valence-corrected chi connectivity index (χ4v) is 6.18. The minimum absolute atomic E-state index is 0.993. The number of benzene rings is 2. The summed E-state index contributed by atoms with van der Waals surface area (Å²) in [6, 6.07) is 15.7. The zero-order valence-electron chi connectivity index (χ0n) is 29.7. The van der Waals surface area contributed by atoms with E-state index in [9.17, 15) is 0 Å². The molecule has 0 bridgehead atoms. The summed E-state index contributed by atoms with van der Waals surface area (Å²) in [5.74, 6) is 0. The largest absolute Gasteiger partial charge is 0.252 e. The number of aliphatic imine (C=N–C) groups is 2. The first kappa shape index (κ1) is 38.0. The Labute approximate surface area is 273 Å². The summed E-state index contributed by atoms with van der Waals surface area (Å²) in [4.78, 5) is 10.4. The molecule has 0 amide bonds. The molecule has 2 rings (SSSR count). The Morgan fingerprint density at radius 3 is 1.34 bits per heavy atom. The Morgan fingerprint density at radius 2 is 0.841 bits per heavy atom. The van der Waals surface area contributed by atoms with Gasteiger partial charge in [0.1, 0.15) is 0 Å². The van der Waals surface area contributed by atoms with Gasteiger partial charge in [0, 0.05) is 0 Å². The van der Waals surface area contributed by atoms with Crippen molar-refractivity contribution in [1.82, 2.24) is 0 Å². The Bertz CT molecular complexity index is 1030. The van der Waals surface area contributed by atoms with Gasteiger partial charge in [-0.25, -0.2) is 0 Å². The number of unbranched alkanes of at least 4 members (excludes halogenated alkanes) is 17. The van der Waals surface area contributed by atoms with Crippen LogP contribution in [0.15, 0.2) is 52.4 Å². The molecule has 0 saturated carbocycles. The van der Waals surface area contributed by atoms with E-state index >= 15 is 0 Å². The van der Waals surface area contributed by atoms with Crippen LogP contribution in [-0.2, 0) is 6.42 Å². The van der Waals surface area contributed by atoms with Gasteiger partial charge in [-0.05, 0) is 93.3 Å². The molecule has 0 atom stereocenters. The van der Waals surface area contributed by atoms with Crippen LogP contribution < -0.4 is 0 Å². The summed E-state index contributed by atoms with van der Waals surface area (Å²) in [5.41, 5.74) is 8.48. The summed E-state index contributed by atoms with van der Waals surface area (Å²) in [5, 5.41) is 0. The van der Waals surface area contributed by atoms with Gasteiger partial charge in [0.2, 0.25) is 0 Å². The quantitative estimate of drug-likeness (QED) is 0.0758. The molecule has 0 saturated heterocycles. The van der Waals surface area contributed by atoms with Gasteiger partial charge in [-0.2, -0.15) is 0 Å². The number of nitrogens with zero attached hydrogens (tertiary/aromatic N) is 2. The molecule has 246 valence electrons. The molecule has 2 heteroatoms. The smallest absolute Gasteiger partial charge is 0.0639 e. The summed E-state index contributed by atoms with van der Waals surface area (Å²) >= 11 is 0. The molecule has 0 fully saturated rings. The molecule has 0 aromatic heterocycles. The third kappa shape index (κ3) is 17.9. The molecule has 0 heterocycles. The Kier molecular flexibility index (Phi) is 21.6. The van der Waals surface area contributed by atoms with Gasteiger partial charge in [-0.15, -0.1) is 0 Å². The van der Waals surface area contributed by atoms with E-state index in [0.29, 0.717) is 0 Å². The number of hydrogen-bond donors (Lipinski definition) is 0. The van der Waals surface area contributed by atoms with Crippen LogP contribution >= 0.6 is 0 Å². The molecule has 0 aliphatic carbocycles. The van der Waals surface area contributed by atoms with Gasteiger partial charge >= 0.3 is 0 Å². The van der Waals surface area contributed by atoms with Gasteiger partial charge in [0.15, 0.2) is 0 Å². The lowest BCUT2D eigenvalue weighted by Gasteiger charge is -2.12. The van der Waals surface area contributed by atoms with Crippen molar-refractivity contribution in [3.63, 3.8) is 0 Å². The van der Waals surface area contributed by atoms with Crippen molar-refractivity contribution in [3.8, 4) is 0 Å². The average Bonchev–Trinajstić information content (AvgIpc) is 3.01. The first-order chi connectivity index (χ1) is 21.5. The van der Waals surface area contributed by atoms with E-state index in [4.69, 9.17) is 9.98 Å². The summed E-state index contributed by atoms with van der Waals surface area (Å²) in [6.07, 6.45) is 30.4. The molecule has 0 spiro atoms. The van der Waals surface area contributed by atoms with E-state index in [1.807, 2.05) is 0 Å². The Morgan fingerprint density at radius 1 is 0.432 bits per heavy atom. The van der Waals surface area contributed by atoms with Crippen LogP contribution in [0.5, 0.6) is 0 Å². The summed E-state index contributed by atoms with van der Waals surface area (Å²) in [6.45, 7) is 11.2. The zero-order chi connectivity index (χ0) is 31.7. The molecular formula is C42H68N2. The van der Waals surface area contributed by atoms with Gasteiger partial charge in [0.25, 0.3) is 0 Å². The predicted octanol–water partition coefficient (Wildman–Crippen LogP) is 14.3. The highest BCUT2D eigenvalue weighted by Gasteiger charge is 2.11. The van der Waals surface area contributed by atoms with Crippen molar-refractivity contribution in [2.24, 2.45) is 9.98 Å². The van der Waals surface area contributed by atoms with Crippen LogP contribution in [0, 0.1) is 13.8 Å². The SMILES string of the molecule is CCCCCCCCCCCCCCCCCc1ccc(N=C(CCCC)C(CCCCC)=Nc2cc(C)cc(C)c2)cc1. The van der Waals surface area contributed by atoms with E-state index in [-0.39, 0.29) is 0 Å². The topological polar surface area (TPSA) is 24.7 Å². The fraction of sp³-hybridized carbons (Fsp3) is 0.667. The lowest BCUT2D eigenvalue weighted by Crippen LogP contribution is -2.14. The van der Waals surface area contributed by atoms with Crippen LogP contribution in [0.3, 0.4) is 0 Å². The van der Waals surface area contributed by atoms with E-state index in [2.05, 4.69) is 77.1 Å². The van der Waals surface area contributed by atoms with Crippen molar-refractivity contribution in [2.45, 2.75) is 182 Å². The van der Waals surface area contributed by atoms with E-state index < -0.39 is 0 Å². The lowest BCUT2D eigenvalue weighted by atomic mass is 10.0. The minimum atomic E-state index is 0.993. The molecule has 0 N–H and O–H groups in total. The maximum absolute atomic E-state index is 5.22. The van der Waals surface area contributed by atoms with Crippen molar-refractivity contribution in [2.75, 3.05) is 0 Å². The highest BCUT2D eigenvalue weighted by Crippen LogP contribution is 2.22. The summed E-state index contributed by atoms with van der Waals surface area (Å²) in [7, 11) is 0. The highest BCUT2D eigenvalue weighted by molar-refractivity contribution is 6.43. The Hall–Kier alpha value is -2.22. The predicted molar refractivity (Wildman–Crippen MR) is 199 cm³/mol. The second kappa shape index (κ2) is 25.0. The minimum Gasteiger partial charge on any atom is -0.252 e. The molecule has 2 aromatic rings. The molecule has 2 aromatic carbocycles. The summed E-state index contributed by atoms with van der Waals surface area (Å²) < 4.78 is 0. The molecule has 0 radical (unpaired) electrons. The van der Waals surface area contributed by atoms with Gasteiger partial charge in [-0.1, -0.05) is 148 Å². The molecule has 0 aliphatic rings. The van der Waals surface area contributed by atoms with E-state index in [1.165, 1.54) is 157 Å². The van der Waals surface area contributed by atoms with Crippen LogP contribution in [0.2, 0.25) is 0 Å². The monoisotopic (exact) mass is 601 g/mol. The van der Waals surface area contributed by atoms with Gasteiger partial charge in [0.05, 0.1) is 22.8 Å². The van der Waals surface area contributed by atoms with Crippen molar-refractivity contribution >= 4 is 22.8 Å². The molecular weight excluding hydrogens is 532 g/mol. The third-order valence-corrected chi connectivity index (χ3v) is 8.86. The zero-order valence-corrected chi connectivity index (χ0v) is 29.7. The van der Waals surface area contributed by atoms with Gasteiger partial charge in [-0.3, -0.25) is 9.98 Å². The second-order valence-electron chi connectivity index (χ2n) is 13.4. The highest BCUT2D eigenvalue weighted by atomic mass is 14.8.